The van der Waals surface area contributed by atoms with Crippen molar-refractivity contribution in [3.05, 3.63) is 102 Å². The highest BCUT2D eigenvalue weighted by Gasteiger charge is 2.14. The molecule has 0 aliphatic heterocycles. The Bertz CT molecular complexity index is 1110. The summed E-state index contributed by atoms with van der Waals surface area (Å²) in [5.41, 5.74) is 3.52. The minimum absolute atomic E-state index is 0.135. The number of benzene rings is 2. The summed E-state index contributed by atoms with van der Waals surface area (Å²) in [7, 11) is 0. The molecule has 0 aliphatic rings. The van der Waals surface area contributed by atoms with Crippen LogP contribution in [0.15, 0.2) is 85.3 Å². The van der Waals surface area contributed by atoms with Crippen LogP contribution in [-0.2, 0) is 6.73 Å². The Balaban J connectivity index is 1.35. The summed E-state index contributed by atoms with van der Waals surface area (Å²) in [4.78, 5) is 12.6. The summed E-state index contributed by atoms with van der Waals surface area (Å²) < 4.78 is 9.42. The van der Waals surface area contributed by atoms with E-state index in [2.05, 4.69) is 10.4 Å². The number of ether oxygens (including phenoxy) is 1. The molecule has 0 fully saturated rings. The highest BCUT2D eigenvalue weighted by atomic mass is 16.5. The summed E-state index contributed by atoms with van der Waals surface area (Å²) in [5, 5.41) is 7.33. The van der Waals surface area contributed by atoms with Gasteiger partial charge < -0.3 is 14.6 Å². The van der Waals surface area contributed by atoms with Crippen LogP contribution in [0.2, 0.25) is 0 Å². The maximum Gasteiger partial charge on any atom is 0.272 e. The third kappa shape index (κ3) is 4.43. The molecule has 0 saturated carbocycles. The Hall–Kier alpha value is -3.80. The van der Waals surface area contributed by atoms with Crippen molar-refractivity contribution in [1.82, 2.24) is 19.7 Å². The van der Waals surface area contributed by atoms with Crippen molar-refractivity contribution in [2.45, 2.75) is 26.6 Å². The number of nitrogens with zero attached hydrogens (tertiary/aromatic N) is 3. The van der Waals surface area contributed by atoms with Crippen molar-refractivity contribution in [1.29, 1.82) is 0 Å². The van der Waals surface area contributed by atoms with E-state index < -0.39 is 0 Å². The first kappa shape index (κ1) is 19.5. The minimum Gasteiger partial charge on any atom is -0.471 e. The number of hydrogen-bond acceptors (Lipinski definition) is 3. The molecule has 0 spiro atoms. The third-order valence-electron chi connectivity index (χ3n) is 4.96. The van der Waals surface area contributed by atoms with Crippen LogP contribution in [0.1, 0.15) is 34.6 Å². The van der Waals surface area contributed by atoms with E-state index in [1.807, 2.05) is 91.5 Å². The van der Waals surface area contributed by atoms with Gasteiger partial charge in [0.15, 0.2) is 6.73 Å². The second-order valence-electron chi connectivity index (χ2n) is 7.16. The number of nitrogens with one attached hydrogen (secondary N) is 1. The molecule has 6 heteroatoms. The second-order valence-corrected chi connectivity index (χ2v) is 7.16. The van der Waals surface area contributed by atoms with E-state index in [-0.39, 0.29) is 18.7 Å². The quantitative estimate of drug-likeness (QED) is 0.497. The van der Waals surface area contributed by atoms with Gasteiger partial charge in [-0.1, -0.05) is 30.3 Å². The fraction of sp³-hybridized carbons (Fsp3) is 0.167. The van der Waals surface area contributed by atoms with E-state index in [4.69, 9.17) is 4.74 Å². The molecule has 1 atom stereocenters. The first-order chi connectivity index (χ1) is 14.6. The number of rotatable bonds is 7. The molecule has 2 aromatic heterocycles. The van der Waals surface area contributed by atoms with Crippen molar-refractivity contribution < 1.29 is 9.53 Å². The Labute approximate surface area is 175 Å². The van der Waals surface area contributed by atoms with Crippen LogP contribution in [0.25, 0.3) is 5.69 Å². The van der Waals surface area contributed by atoms with Gasteiger partial charge in [0.05, 0.1) is 6.04 Å². The van der Waals surface area contributed by atoms with Crippen LogP contribution in [0.3, 0.4) is 0 Å². The van der Waals surface area contributed by atoms with Gasteiger partial charge >= 0.3 is 0 Å². The largest absolute Gasteiger partial charge is 0.471 e. The number of amides is 1. The molecule has 30 heavy (non-hydrogen) atoms. The van der Waals surface area contributed by atoms with Gasteiger partial charge in [0.1, 0.15) is 11.4 Å². The summed E-state index contributed by atoms with van der Waals surface area (Å²) in [6, 6.07) is 21.5. The second kappa shape index (κ2) is 8.69. The topological polar surface area (TPSA) is 61.1 Å². The predicted octanol–water partition coefficient (Wildman–Crippen LogP) is 4.51. The fourth-order valence-corrected chi connectivity index (χ4v) is 3.20. The van der Waals surface area contributed by atoms with Gasteiger partial charge in [0, 0.05) is 24.3 Å². The Kier molecular flexibility index (Phi) is 5.66. The average molecular weight is 400 g/mol. The van der Waals surface area contributed by atoms with Crippen LogP contribution in [0.4, 0.5) is 0 Å². The van der Waals surface area contributed by atoms with Crippen molar-refractivity contribution >= 4 is 5.91 Å². The number of aromatic nitrogens is 3. The van der Waals surface area contributed by atoms with E-state index in [1.165, 1.54) is 0 Å². The lowest BCUT2D eigenvalue weighted by Crippen LogP contribution is -2.27. The maximum atomic E-state index is 12.6. The summed E-state index contributed by atoms with van der Waals surface area (Å²) in [6.45, 7) is 4.19. The standard InChI is InChI=1S/C24H24N4O2/c1-18-7-3-4-8-23(18)30-17-28-16-13-22(26-28)24(29)25-19(2)20-9-11-21(12-10-20)27-14-5-6-15-27/h3-16,19H,17H2,1-2H3,(H,25,29). The van der Waals surface area contributed by atoms with Crippen molar-refractivity contribution in [3.63, 3.8) is 0 Å². The fourth-order valence-electron chi connectivity index (χ4n) is 3.20. The number of para-hydroxylation sites is 1. The molecule has 4 aromatic rings. The molecule has 1 unspecified atom stereocenters. The van der Waals surface area contributed by atoms with Gasteiger partial charge in [-0.05, 0) is 61.4 Å². The molecule has 6 nitrogen and oxygen atoms in total. The van der Waals surface area contributed by atoms with Crippen LogP contribution < -0.4 is 10.1 Å². The Morgan fingerprint density at radius 2 is 1.73 bits per heavy atom. The van der Waals surface area contributed by atoms with Gasteiger partial charge in [-0.3, -0.25) is 4.79 Å². The summed E-state index contributed by atoms with van der Waals surface area (Å²) in [6.07, 6.45) is 5.74. The summed E-state index contributed by atoms with van der Waals surface area (Å²) >= 11 is 0. The SMILES string of the molecule is Cc1ccccc1OCn1ccc(C(=O)NC(C)c2ccc(-n3cccc3)cc2)n1. The van der Waals surface area contributed by atoms with E-state index in [0.29, 0.717) is 5.69 Å². The zero-order chi connectivity index (χ0) is 20.9. The van der Waals surface area contributed by atoms with E-state index in [9.17, 15) is 4.79 Å². The maximum absolute atomic E-state index is 12.6. The lowest BCUT2D eigenvalue weighted by atomic mass is 10.1. The van der Waals surface area contributed by atoms with E-state index in [1.54, 1.807) is 16.9 Å². The molecular weight excluding hydrogens is 376 g/mol. The highest BCUT2D eigenvalue weighted by molar-refractivity contribution is 5.92. The normalized spacial score (nSPS) is 11.8. The predicted molar refractivity (Wildman–Crippen MR) is 116 cm³/mol. The van der Waals surface area contributed by atoms with Gasteiger partial charge in [-0.25, -0.2) is 4.68 Å². The number of carbonyl (C=O) groups is 1. The Morgan fingerprint density at radius 1 is 1.00 bits per heavy atom. The zero-order valence-electron chi connectivity index (χ0n) is 17.0. The Morgan fingerprint density at radius 3 is 2.47 bits per heavy atom. The number of aryl methyl sites for hydroxylation is 1. The molecule has 152 valence electrons. The highest BCUT2D eigenvalue weighted by Crippen LogP contribution is 2.18. The molecule has 1 N–H and O–H groups in total. The van der Waals surface area contributed by atoms with E-state index in [0.717, 1.165) is 22.6 Å². The number of carbonyl (C=O) groups excluding carboxylic acids is 1. The number of hydrogen-bond donors (Lipinski definition) is 1. The van der Waals surface area contributed by atoms with Crippen LogP contribution in [0.5, 0.6) is 5.75 Å². The van der Waals surface area contributed by atoms with Crippen molar-refractivity contribution in [3.8, 4) is 11.4 Å². The molecule has 0 aliphatic carbocycles. The van der Waals surface area contributed by atoms with Crippen molar-refractivity contribution in [2.75, 3.05) is 0 Å². The first-order valence-corrected chi connectivity index (χ1v) is 9.86. The van der Waals surface area contributed by atoms with Crippen LogP contribution in [-0.4, -0.2) is 20.3 Å². The third-order valence-corrected chi connectivity index (χ3v) is 4.96. The zero-order valence-corrected chi connectivity index (χ0v) is 17.0. The minimum atomic E-state index is -0.216. The molecular formula is C24H24N4O2. The monoisotopic (exact) mass is 400 g/mol. The van der Waals surface area contributed by atoms with Gasteiger partial charge in [-0.15, -0.1) is 0 Å². The molecule has 1 amide bonds. The molecule has 2 heterocycles. The van der Waals surface area contributed by atoms with Gasteiger partial charge in [0.2, 0.25) is 0 Å². The molecule has 4 rings (SSSR count). The first-order valence-electron chi connectivity index (χ1n) is 9.86. The molecule has 0 bridgehead atoms. The van der Waals surface area contributed by atoms with Gasteiger partial charge in [-0.2, -0.15) is 5.10 Å². The summed E-state index contributed by atoms with van der Waals surface area (Å²) in [5.74, 6) is 0.586. The van der Waals surface area contributed by atoms with Gasteiger partial charge in [0.25, 0.3) is 5.91 Å². The lowest BCUT2D eigenvalue weighted by Gasteiger charge is -2.14. The molecule has 2 aromatic carbocycles. The average Bonchev–Trinajstić information content (AvgIpc) is 3.46. The van der Waals surface area contributed by atoms with Crippen LogP contribution >= 0.6 is 0 Å². The lowest BCUT2D eigenvalue weighted by molar-refractivity contribution is 0.0932. The molecule has 0 saturated heterocycles. The van der Waals surface area contributed by atoms with E-state index >= 15 is 0 Å². The molecule has 0 radical (unpaired) electrons. The van der Waals surface area contributed by atoms with Crippen LogP contribution in [0, 0.1) is 6.92 Å². The smallest absolute Gasteiger partial charge is 0.272 e. The van der Waals surface area contributed by atoms with Crippen molar-refractivity contribution in [2.24, 2.45) is 0 Å².